The van der Waals surface area contributed by atoms with Gasteiger partial charge in [0.1, 0.15) is 13.2 Å². The fourth-order valence-corrected chi connectivity index (χ4v) is 3.37. The summed E-state index contributed by atoms with van der Waals surface area (Å²) in [6, 6.07) is 3.91. The molecule has 1 aromatic carbocycles. The molecule has 0 radical (unpaired) electrons. The largest absolute Gasteiger partial charge is 0.486 e. The number of nitrogens with one attached hydrogen (secondary N) is 1. The van der Waals surface area contributed by atoms with Crippen LogP contribution in [-0.2, 0) is 0 Å². The van der Waals surface area contributed by atoms with Gasteiger partial charge in [-0.25, -0.2) is 0 Å². The summed E-state index contributed by atoms with van der Waals surface area (Å²) in [6.07, 6.45) is 0. The van der Waals surface area contributed by atoms with Crippen LogP contribution in [0.3, 0.4) is 0 Å². The van der Waals surface area contributed by atoms with Crippen LogP contribution in [0.2, 0.25) is 0 Å². The highest BCUT2D eigenvalue weighted by Gasteiger charge is 2.26. The molecule has 7 nitrogen and oxygen atoms in total. The topological polar surface area (TPSA) is 72.7 Å². The first-order chi connectivity index (χ1) is 11.2. The molecule has 1 saturated heterocycles. The van der Waals surface area contributed by atoms with E-state index in [4.69, 9.17) is 14.0 Å². The summed E-state index contributed by atoms with van der Waals surface area (Å²) in [5, 5.41) is 7.51. The van der Waals surface area contributed by atoms with Crippen LogP contribution < -0.4 is 14.8 Å². The first kappa shape index (κ1) is 17.5. The van der Waals surface area contributed by atoms with E-state index in [0.717, 1.165) is 35.4 Å². The first-order valence-electron chi connectivity index (χ1n) is 7.56. The van der Waals surface area contributed by atoms with E-state index in [1.54, 1.807) is 0 Å². The van der Waals surface area contributed by atoms with Gasteiger partial charge in [-0.05, 0) is 35.1 Å². The van der Waals surface area contributed by atoms with Gasteiger partial charge in [0.25, 0.3) is 5.89 Å². The monoisotopic (exact) mass is 416 g/mol. The summed E-state index contributed by atoms with van der Waals surface area (Å²) in [4.78, 5) is 6.80. The lowest BCUT2D eigenvalue weighted by molar-refractivity contribution is 0.170. The Morgan fingerprint density at radius 1 is 1.29 bits per heavy atom. The second-order valence-corrected chi connectivity index (χ2v) is 6.49. The molecule has 0 bridgehead atoms. The maximum Gasteiger partial charge on any atom is 0.258 e. The van der Waals surface area contributed by atoms with Gasteiger partial charge >= 0.3 is 0 Å². The number of aromatic nitrogens is 2. The maximum atomic E-state index is 5.64. The van der Waals surface area contributed by atoms with E-state index in [2.05, 4.69) is 43.3 Å². The molecule has 0 aliphatic carbocycles. The molecule has 1 aromatic heterocycles. The first-order valence-corrected chi connectivity index (χ1v) is 8.36. The van der Waals surface area contributed by atoms with Crippen molar-refractivity contribution in [2.75, 3.05) is 39.9 Å². The Morgan fingerprint density at radius 3 is 2.96 bits per heavy atom. The molecule has 130 valence electrons. The number of hydrogen-bond donors (Lipinski definition) is 1. The number of rotatable bonds is 2. The smallest absolute Gasteiger partial charge is 0.258 e. The van der Waals surface area contributed by atoms with Crippen LogP contribution in [0.5, 0.6) is 11.5 Å². The zero-order valence-electron chi connectivity index (χ0n) is 13.1. The molecule has 1 N–H and O–H groups in total. The van der Waals surface area contributed by atoms with Crippen molar-refractivity contribution in [3.05, 3.63) is 22.4 Å². The molecule has 2 aromatic rings. The maximum absolute atomic E-state index is 5.64. The SMILES string of the molecule is CN1CCNCC1c1noc(-c2cc(Br)c3c(c2)OCCO3)n1.Cl. The third-order valence-electron chi connectivity index (χ3n) is 4.09. The van der Waals surface area contributed by atoms with Gasteiger partial charge in [-0.2, -0.15) is 4.98 Å². The van der Waals surface area contributed by atoms with Crippen LogP contribution in [-0.4, -0.2) is 54.9 Å². The summed E-state index contributed by atoms with van der Waals surface area (Å²) in [5.41, 5.74) is 0.811. The molecule has 24 heavy (non-hydrogen) atoms. The van der Waals surface area contributed by atoms with Crippen LogP contribution >= 0.6 is 28.3 Å². The summed E-state index contributed by atoms with van der Waals surface area (Å²) < 4.78 is 17.5. The zero-order valence-corrected chi connectivity index (χ0v) is 15.5. The van der Waals surface area contributed by atoms with E-state index in [1.807, 2.05) is 12.1 Å². The van der Waals surface area contributed by atoms with E-state index in [-0.39, 0.29) is 18.4 Å². The van der Waals surface area contributed by atoms with Crippen molar-refractivity contribution in [3.63, 3.8) is 0 Å². The van der Waals surface area contributed by atoms with Gasteiger partial charge in [-0.15, -0.1) is 12.4 Å². The fraction of sp³-hybridized carbons (Fsp3) is 0.467. The zero-order chi connectivity index (χ0) is 15.8. The average molecular weight is 418 g/mol. The van der Waals surface area contributed by atoms with Gasteiger partial charge in [0.05, 0.1) is 10.5 Å². The summed E-state index contributed by atoms with van der Waals surface area (Å²) in [6.45, 7) is 3.85. The van der Waals surface area contributed by atoms with Gasteiger partial charge in [0.2, 0.25) is 0 Å². The van der Waals surface area contributed by atoms with Crippen molar-refractivity contribution in [3.8, 4) is 23.0 Å². The second kappa shape index (κ2) is 7.26. The van der Waals surface area contributed by atoms with E-state index < -0.39 is 0 Å². The molecule has 0 saturated carbocycles. The number of likely N-dealkylation sites (N-methyl/N-ethyl adjacent to an activating group) is 1. The van der Waals surface area contributed by atoms with Crippen molar-refractivity contribution in [1.82, 2.24) is 20.4 Å². The Hall–Kier alpha value is -1.35. The minimum absolute atomic E-state index is 0. The fourth-order valence-electron chi connectivity index (χ4n) is 2.82. The summed E-state index contributed by atoms with van der Waals surface area (Å²) in [7, 11) is 2.07. The number of halogens is 2. The van der Waals surface area contributed by atoms with E-state index in [0.29, 0.717) is 30.7 Å². The standard InChI is InChI=1S/C15H17BrN4O3.ClH/c1-20-3-2-17-8-11(20)14-18-15(23-19-14)9-6-10(16)13-12(7-9)21-4-5-22-13;/h6-7,11,17H,2-5,8H2,1H3;1H. The Labute approximate surface area is 154 Å². The Morgan fingerprint density at radius 2 is 2.12 bits per heavy atom. The molecule has 2 aliphatic heterocycles. The lowest BCUT2D eigenvalue weighted by Gasteiger charge is -2.30. The number of ether oxygens (including phenoxy) is 2. The third-order valence-corrected chi connectivity index (χ3v) is 4.68. The number of nitrogens with zero attached hydrogens (tertiary/aromatic N) is 3. The van der Waals surface area contributed by atoms with Crippen LogP contribution in [0.4, 0.5) is 0 Å². The lowest BCUT2D eigenvalue weighted by atomic mass is 10.2. The summed E-state index contributed by atoms with van der Waals surface area (Å²) >= 11 is 3.51. The van der Waals surface area contributed by atoms with Crippen molar-refractivity contribution < 1.29 is 14.0 Å². The predicted octanol–water partition coefficient (Wildman–Crippen LogP) is 2.27. The third kappa shape index (κ3) is 3.23. The minimum Gasteiger partial charge on any atom is -0.486 e. The lowest BCUT2D eigenvalue weighted by Crippen LogP contribution is -2.44. The Bertz CT molecular complexity index is 727. The molecule has 0 amide bonds. The number of hydrogen-bond acceptors (Lipinski definition) is 7. The van der Waals surface area contributed by atoms with Gasteiger partial charge in [-0.1, -0.05) is 5.16 Å². The van der Waals surface area contributed by atoms with Gasteiger partial charge in [-0.3, -0.25) is 4.90 Å². The Balaban J connectivity index is 0.00000169. The summed E-state index contributed by atoms with van der Waals surface area (Å²) in [5.74, 6) is 2.59. The van der Waals surface area contributed by atoms with Gasteiger partial charge in [0.15, 0.2) is 17.3 Å². The van der Waals surface area contributed by atoms with Gasteiger partial charge in [0, 0.05) is 25.2 Å². The predicted molar refractivity (Wildman–Crippen MR) is 93.9 cm³/mol. The highest BCUT2D eigenvalue weighted by molar-refractivity contribution is 9.10. The molecule has 9 heteroatoms. The number of piperazine rings is 1. The van der Waals surface area contributed by atoms with Crippen molar-refractivity contribution in [2.45, 2.75) is 6.04 Å². The van der Waals surface area contributed by atoms with Crippen LogP contribution in [0.15, 0.2) is 21.1 Å². The van der Waals surface area contributed by atoms with Crippen LogP contribution in [0.25, 0.3) is 11.5 Å². The van der Waals surface area contributed by atoms with Crippen LogP contribution in [0.1, 0.15) is 11.9 Å². The molecule has 1 fully saturated rings. The van der Waals surface area contributed by atoms with Crippen LogP contribution in [0, 0.1) is 0 Å². The second-order valence-electron chi connectivity index (χ2n) is 5.64. The minimum atomic E-state index is 0. The molecule has 1 unspecified atom stereocenters. The highest BCUT2D eigenvalue weighted by atomic mass is 79.9. The van der Waals surface area contributed by atoms with E-state index >= 15 is 0 Å². The number of fused-ring (bicyclic) bond motifs is 1. The van der Waals surface area contributed by atoms with Crippen molar-refractivity contribution in [1.29, 1.82) is 0 Å². The molecule has 1 atom stereocenters. The van der Waals surface area contributed by atoms with E-state index in [9.17, 15) is 0 Å². The number of benzene rings is 1. The molecule has 0 spiro atoms. The highest BCUT2D eigenvalue weighted by Crippen LogP contribution is 2.41. The molecular formula is C15H18BrClN4O3. The molecule has 4 rings (SSSR count). The molecule has 3 heterocycles. The molecule has 2 aliphatic rings. The van der Waals surface area contributed by atoms with Crippen molar-refractivity contribution >= 4 is 28.3 Å². The van der Waals surface area contributed by atoms with Gasteiger partial charge < -0.3 is 19.3 Å². The van der Waals surface area contributed by atoms with E-state index in [1.165, 1.54) is 0 Å². The van der Waals surface area contributed by atoms with Crippen molar-refractivity contribution in [2.24, 2.45) is 0 Å². The average Bonchev–Trinajstić information content (AvgIpc) is 3.05. The molecular weight excluding hydrogens is 400 g/mol. The Kier molecular flexibility index (Phi) is 5.29. The quantitative estimate of drug-likeness (QED) is 0.803. The normalized spacial score (nSPS) is 20.5.